The number of benzene rings is 1. The number of amides is 2. The molecular formula is C13H13N3O. The molecule has 86 valence electrons. The van der Waals surface area contributed by atoms with E-state index in [-0.39, 0.29) is 12.6 Å². The molecule has 0 aromatic heterocycles. The van der Waals surface area contributed by atoms with Crippen molar-refractivity contribution in [2.24, 2.45) is 0 Å². The van der Waals surface area contributed by atoms with E-state index in [2.05, 4.69) is 11.2 Å². The number of urea groups is 1. The lowest BCUT2D eigenvalue weighted by molar-refractivity contribution is 0.220. The Hall–Kier alpha value is -2.46. The summed E-state index contributed by atoms with van der Waals surface area (Å²) in [4.78, 5) is 13.3. The van der Waals surface area contributed by atoms with Crippen LogP contribution in [0.25, 0.3) is 0 Å². The highest BCUT2D eigenvalue weighted by molar-refractivity contribution is 5.89. The summed E-state index contributed by atoms with van der Waals surface area (Å²) in [5, 5.41) is 11.3. The molecular weight excluding hydrogens is 214 g/mol. The third-order valence-electron chi connectivity index (χ3n) is 2.22. The standard InChI is InChI=1S/C13H13N3O/c1-3-9-16(4-2)13(17)15-12-7-5-11(10-14)6-8-12/h1,5-8H,4,9H2,2H3,(H,15,17). The first-order valence-electron chi connectivity index (χ1n) is 5.20. The van der Waals surface area contributed by atoms with Crippen LogP contribution in [0.5, 0.6) is 0 Å². The SMILES string of the molecule is C#CCN(CC)C(=O)Nc1ccc(C#N)cc1. The molecule has 0 fully saturated rings. The van der Waals surface area contributed by atoms with Gasteiger partial charge in [0, 0.05) is 12.2 Å². The van der Waals surface area contributed by atoms with Gasteiger partial charge in [0.05, 0.1) is 18.2 Å². The zero-order valence-corrected chi connectivity index (χ0v) is 9.60. The van der Waals surface area contributed by atoms with Crippen molar-refractivity contribution in [1.82, 2.24) is 4.90 Å². The van der Waals surface area contributed by atoms with E-state index in [0.29, 0.717) is 17.8 Å². The van der Waals surface area contributed by atoms with Crippen molar-refractivity contribution in [3.63, 3.8) is 0 Å². The van der Waals surface area contributed by atoms with Gasteiger partial charge in [0.2, 0.25) is 0 Å². The van der Waals surface area contributed by atoms with Gasteiger partial charge in [-0.3, -0.25) is 0 Å². The van der Waals surface area contributed by atoms with Crippen LogP contribution in [0.15, 0.2) is 24.3 Å². The number of rotatable bonds is 3. The van der Waals surface area contributed by atoms with Gasteiger partial charge in [-0.1, -0.05) is 5.92 Å². The second-order valence-corrected chi connectivity index (χ2v) is 3.34. The summed E-state index contributed by atoms with van der Waals surface area (Å²) in [6.45, 7) is 2.68. The third-order valence-corrected chi connectivity index (χ3v) is 2.22. The van der Waals surface area contributed by atoms with Gasteiger partial charge in [-0.25, -0.2) is 4.79 Å². The topological polar surface area (TPSA) is 56.1 Å². The molecule has 0 radical (unpaired) electrons. The van der Waals surface area contributed by atoms with Crippen molar-refractivity contribution in [3.05, 3.63) is 29.8 Å². The van der Waals surface area contributed by atoms with Gasteiger partial charge in [0.25, 0.3) is 0 Å². The Morgan fingerprint density at radius 1 is 1.47 bits per heavy atom. The molecule has 0 bridgehead atoms. The van der Waals surface area contributed by atoms with Crippen LogP contribution in [-0.2, 0) is 0 Å². The normalized spacial score (nSPS) is 8.88. The average Bonchev–Trinajstić information content (AvgIpc) is 2.36. The molecule has 0 unspecified atom stereocenters. The van der Waals surface area contributed by atoms with Crippen molar-refractivity contribution >= 4 is 11.7 Å². The molecule has 0 heterocycles. The van der Waals surface area contributed by atoms with Crippen molar-refractivity contribution in [3.8, 4) is 18.4 Å². The molecule has 0 spiro atoms. The van der Waals surface area contributed by atoms with E-state index in [1.165, 1.54) is 4.90 Å². The lowest BCUT2D eigenvalue weighted by Gasteiger charge is -2.18. The fraction of sp³-hybridized carbons (Fsp3) is 0.231. The predicted octanol–water partition coefficient (Wildman–Crippen LogP) is 2.05. The van der Waals surface area contributed by atoms with Crippen LogP contribution in [0.3, 0.4) is 0 Å². The average molecular weight is 227 g/mol. The van der Waals surface area contributed by atoms with Gasteiger partial charge in [-0.2, -0.15) is 5.26 Å². The minimum Gasteiger partial charge on any atom is -0.314 e. The predicted molar refractivity (Wildman–Crippen MR) is 66.3 cm³/mol. The second kappa shape index (κ2) is 6.19. The molecule has 1 rings (SSSR count). The monoisotopic (exact) mass is 227 g/mol. The lowest BCUT2D eigenvalue weighted by atomic mass is 10.2. The molecule has 1 N–H and O–H groups in total. The van der Waals surface area contributed by atoms with E-state index < -0.39 is 0 Å². The summed E-state index contributed by atoms with van der Waals surface area (Å²) in [6, 6.07) is 8.42. The zero-order valence-electron chi connectivity index (χ0n) is 9.60. The van der Waals surface area contributed by atoms with Gasteiger partial charge >= 0.3 is 6.03 Å². The largest absolute Gasteiger partial charge is 0.322 e. The fourth-order valence-corrected chi connectivity index (χ4v) is 1.27. The smallest absolute Gasteiger partial charge is 0.314 e. The van der Waals surface area contributed by atoms with Crippen LogP contribution in [0.1, 0.15) is 12.5 Å². The molecule has 0 aliphatic rings. The van der Waals surface area contributed by atoms with Crippen molar-refractivity contribution in [2.45, 2.75) is 6.92 Å². The molecule has 1 aromatic rings. The highest BCUT2D eigenvalue weighted by atomic mass is 16.2. The van der Waals surface area contributed by atoms with Crippen LogP contribution >= 0.6 is 0 Å². The molecule has 1 aromatic carbocycles. The molecule has 2 amide bonds. The first-order chi connectivity index (χ1) is 8.21. The molecule has 0 aliphatic carbocycles. The van der Waals surface area contributed by atoms with E-state index >= 15 is 0 Å². The third kappa shape index (κ3) is 3.55. The highest BCUT2D eigenvalue weighted by Crippen LogP contribution is 2.09. The molecule has 4 heteroatoms. The van der Waals surface area contributed by atoms with Gasteiger partial charge in [-0.05, 0) is 31.2 Å². The van der Waals surface area contributed by atoms with E-state index in [1.807, 2.05) is 13.0 Å². The number of nitriles is 1. The number of hydrogen-bond acceptors (Lipinski definition) is 2. The Kier molecular flexibility index (Phi) is 4.59. The maximum atomic E-state index is 11.7. The molecule has 0 aliphatic heterocycles. The van der Waals surface area contributed by atoms with Gasteiger partial charge in [-0.15, -0.1) is 6.42 Å². The summed E-state index contributed by atoms with van der Waals surface area (Å²) < 4.78 is 0. The van der Waals surface area contributed by atoms with E-state index in [4.69, 9.17) is 11.7 Å². The summed E-state index contributed by atoms with van der Waals surface area (Å²) in [7, 11) is 0. The first kappa shape index (κ1) is 12.6. The summed E-state index contributed by atoms with van der Waals surface area (Å²) >= 11 is 0. The Balaban J connectivity index is 2.67. The number of nitrogens with zero attached hydrogens (tertiary/aromatic N) is 2. The van der Waals surface area contributed by atoms with Crippen LogP contribution in [0.4, 0.5) is 10.5 Å². The van der Waals surface area contributed by atoms with Crippen molar-refractivity contribution < 1.29 is 4.79 Å². The Labute approximate surface area is 101 Å². The van der Waals surface area contributed by atoms with Crippen LogP contribution in [0, 0.1) is 23.7 Å². The summed E-state index contributed by atoms with van der Waals surface area (Å²) in [5.41, 5.74) is 1.20. The number of hydrogen-bond donors (Lipinski definition) is 1. The van der Waals surface area contributed by atoms with Gasteiger partial charge in [0.15, 0.2) is 0 Å². The molecule has 17 heavy (non-hydrogen) atoms. The minimum atomic E-state index is -0.241. The Morgan fingerprint density at radius 3 is 2.59 bits per heavy atom. The molecule has 0 saturated heterocycles. The van der Waals surface area contributed by atoms with E-state index in [9.17, 15) is 4.79 Å². The number of carbonyl (C=O) groups is 1. The fourth-order valence-electron chi connectivity index (χ4n) is 1.27. The van der Waals surface area contributed by atoms with Crippen molar-refractivity contribution in [1.29, 1.82) is 5.26 Å². The highest BCUT2D eigenvalue weighted by Gasteiger charge is 2.09. The molecule has 0 atom stereocenters. The van der Waals surface area contributed by atoms with Crippen molar-refractivity contribution in [2.75, 3.05) is 18.4 Å². The maximum Gasteiger partial charge on any atom is 0.322 e. The summed E-state index contributed by atoms with van der Waals surface area (Å²) in [6.07, 6.45) is 5.17. The van der Waals surface area contributed by atoms with Crippen LogP contribution in [-0.4, -0.2) is 24.0 Å². The van der Waals surface area contributed by atoms with E-state index in [1.54, 1.807) is 24.3 Å². The van der Waals surface area contributed by atoms with Crippen LogP contribution in [0.2, 0.25) is 0 Å². The van der Waals surface area contributed by atoms with Gasteiger partial charge in [0.1, 0.15) is 0 Å². The number of terminal acetylenes is 1. The second-order valence-electron chi connectivity index (χ2n) is 3.34. The molecule has 4 nitrogen and oxygen atoms in total. The maximum absolute atomic E-state index is 11.7. The van der Waals surface area contributed by atoms with E-state index in [0.717, 1.165) is 0 Å². The Bertz CT molecular complexity index is 465. The quantitative estimate of drug-likeness (QED) is 0.803. The first-order valence-corrected chi connectivity index (χ1v) is 5.20. The number of nitrogens with one attached hydrogen (secondary N) is 1. The van der Waals surface area contributed by atoms with Gasteiger partial charge < -0.3 is 10.2 Å². The minimum absolute atomic E-state index is 0.241. The lowest BCUT2D eigenvalue weighted by Crippen LogP contribution is -2.35. The number of anilines is 1. The molecule has 0 saturated carbocycles. The number of carbonyl (C=O) groups excluding carboxylic acids is 1. The Morgan fingerprint density at radius 2 is 2.12 bits per heavy atom. The summed E-state index contributed by atoms with van der Waals surface area (Å²) in [5.74, 6) is 2.43. The zero-order chi connectivity index (χ0) is 12.7. The van der Waals surface area contributed by atoms with Crippen LogP contribution < -0.4 is 5.32 Å².